The van der Waals surface area contributed by atoms with Crippen LogP contribution >= 0.6 is 12.2 Å². The first-order valence-electron chi connectivity index (χ1n) is 5.10. The maximum absolute atomic E-state index is 11.7. The molecular weight excluding hydrogens is 254 g/mol. The van der Waals surface area contributed by atoms with Crippen molar-refractivity contribution in [3.63, 3.8) is 0 Å². The summed E-state index contributed by atoms with van der Waals surface area (Å²) in [4.78, 5) is 27.0. The molecule has 0 bridgehead atoms. The van der Waals surface area contributed by atoms with Crippen molar-refractivity contribution in [3.05, 3.63) is 29.6 Å². The van der Waals surface area contributed by atoms with Crippen LogP contribution in [0.5, 0.6) is 0 Å². The third kappa shape index (κ3) is 3.49. The monoisotopic (exact) mass is 267 g/mol. The quantitative estimate of drug-likeness (QED) is 0.589. The number of rotatable bonds is 4. The Morgan fingerprint density at radius 1 is 1.50 bits per heavy atom. The highest BCUT2D eigenvalue weighted by molar-refractivity contribution is 7.80. The summed E-state index contributed by atoms with van der Waals surface area (Å²) in [5, 5.41) is 2.46. The zero-order chi connectivity index (χ0) is 13.7. The van der Waals surface area contributed by atoms with Crippen molar-refractivity contribution in [2.24, 2.45) is 5.73 Å². The molecule has 1 aromatic rings. The van der Waals surface area contributed by atoms with Crippen LogP contribution < -0.4 is 11.1 Å². The van der Waals surface area contributed by atoms with Gasteiger partial charge < -0.3 is 15.8 Å². The Kier molecular flexibility index (Phi) is 4.73. The van der Waals surface area contributed by atoms with E-state index >= 15 is 0 Å². The highest BCUT2D eigenvalue weighted by atomic mass is 32.1. The Bertz CT molecular complexity index is 473. The van der Waals surface area contributed by atoms with E-state index in [0.717, 1.165) is 0 Å². The average Bonchev–Trinajstić information content (AvgIpc) is 2.37. The highest BCUT2D eigenvalue weighted by Crippen LogP contribution is 2.01. The summed E-state index contributed by atoms with van der Waals surface area (Å²) < 4.78 is 4.49. The normalized spacial score (nSPS) is 11.4. The maximum atomic E-state index is 11.7. The van der Waals surface area contributed by atoms with Gasteiger partial charge in [-0.1, -0.05) is 12.2 Å². The SMILES string of the molecule is COC(=O)C(C)NC(=O)c1ccc(C(N)=S)cn1. The smallest absolute Gasteiger partial charge is 0.328 e. The van der Waals surface area contributed by atoms with Crippen molar-refractivity contribution >= 4 is 29.1 Å². The van der Waals surface area contributed by atoms with E-state index in [2.05, 4.69) is 15.0 Å². The largest absolute Gasteiger partial charge is 0.467 e. The second-order valence-electron chi connectivity index (χ2n) is 3.51. The summed E-state index contributed by atoms with van der Waals surface area (Å²) in [5.74, 6) is -0.995. The van der Waals surface area contributed by atoms with Gasteiger partial charge in [0.05, 0.1) is 7.11 Å². The number of esters is 1. The Hall–Kier alpha value is -2.02. The predicted molar refractivity (Wildman–Crippen MR) is 69.1 cm³/mol. The lowest BCUT2D eigenvalue weighted by atomic mass is 10.2. The first-order valence-corrected chi connectivity index (χ1v) is 5.51. The number of carbonyl (C=O) groups is 2. The molecule has 1 heterocycles. The van der Waals surface area contributed by atoms with Crippen LogP contribution in [0.4, 0.5) is 0 Å². The minimum absolute atomic E-state index is 0.172. The van der Waals surface area contributed by atoms with E-state index in [1.165, 1.54) is 26.3 Å². The number of aromatic nitrogens is 1. The zero-order valence-corrected chi connectivity index (χ0v) is 10.8. The Morgan fingerprint density at radius 3 is 2.61 bits per heavy atom. The van der Waals surface area contributed by atoms with Crippen molar-refractivity contribution in [2.45, 2.75) is 13.0 Å². The van der Waals surface area contributed by atoms with Crippen LogP contribution in [0.3, 0.4) is 0 Å². The molecule has 0 aliphatic heterocycles. The Balaban J connectivity index is 2.73. The van der Waals surface area contributed by atoms with E-state index in [1.54, 1.807) is 6.07 Å². The van der Waals surface area contributed by atoms with E-state index in [0.29, 0.717) is 5.56 Å². The molecule has 7 heteroatoms. The fraction of sp³-hybridized carbons (Fsp3) is 0.273. The number of ether oxygens (including phenoxy) is 1. The van der Waals surface area contributed by atoms with Crippen LogP contribution in [0.1, 0.15) is 23.0 Å². The second-order valence-corrected chi connectivity index (χ2v) is 3.95. The van der Waals surface area contributed by atoms with Gasteiger partial charge in [0.15, 0.2) is 0 Å². The molecule has 6 nitrogen and oxygen atoms in total. The number of amides is 1. The number of nitrogens with zero attached hydrogens (tertiary/aromatic N) is 1. The van der Waals surface area contributed by atoms with Gasteiger partial charge in [0.25, 0.3) is 5.91 Å². The van der Waals surface area contributed by atoms with Crippen LogP contribution in [0.2, 0.25) is 0 Å². The van der Waals surface area contributed by atoms with Gasteiger partial charge in [-0.15, -0.1) is 0 Å². The molecule has 1 unspecified atom stereocenters. The number of methoxy groups -OCH3 is 1. The van der Waals surface area contributed by atoms with Gasteiger partial charge in [-0.05, 0) is 19.1 Å². The number of carbonyl (C=O) groups excluding carboxylic acids is 2. The molecule has 1 rings (SSSR count). The van der Waals surface area contributed by atoms with E-state index in [1.807, 2.05) is 0 Å². The molecule has 0 aromatic carbocycles. The van der Waals surface area contributed by atoms with Crippen molar-refractivity contribution in [3.8, 4) is 0 Å². The first-order chi connectivity index (χ1) is 8.45. The summed E-state index contributed by atoms with van der Waals surface area (Å²) in [6.07, 6.45) is 1.40. The molecule has 1 atom stereocenters. The predicted octanol–water partition coefficient (Wildman–Crippen LogP) is 0.00710. The van der Waals surface area contributed by atoms with Crippen molar-refractivity contribution < 1.29 is 14.3 Å². The van der Waals surface area contributed by atoms with Crippen LogP contribution in [0, 0.1) is 0 Å². The zero-order valence-electron chi connectivity index (χ0n) is 9.97. The minimum Gasteiger partial charge on any atom is -0.467 e. The lowest BCUT2D eigenvalue weighted by Gasteiger charge is -2.11. The van der Waals surface area contributed by atoms with Crippen LogP contribution in [0.15, 0.2) is 18.3 Å². The van der Waals surface area contributed by atoms with Gasteiger partial charge in [0.1, 0.15) is 16.7 Å². The average molecular weight is 267 g/mol. The topological polar surface area (TPSA) is 94.3 Å². The molecule has 0 saturated carbocycles. The Morgan fingerprint density at radius 2 is 2.17 bits per heavy atom. The number of nitrogens with one attached hydrogen (secondary N) is 1. The van der Waals surface area contributed by atoms with Gasteiger partial charge in [0, 0.05) is 11.8 Å². The van der Waals surface area contributed by atoms with Gasteiger partial charge in [0.2, 0.25) is 0 Å². The molecule has 0 spiro atoms. The number of hydrogen-bond acceptors (Lipinski definition) is 5. The molecule has 0 fully saturated rings. The summed E-state index contributed by atoms with van der Waals surface area (Å²) >= 11 is 4.77. The molecule has 0 saturated heterocycles. The fourth-order valence-corrected chi connectivity index (χ4v) is 1.30. The van der Waals surface area contributed by atoms with Crippen LogP contribution in [0.25, 0.3) is 0 Å². The molecular formula is C11H13N3O3S. The minimum atomic E-state index is -0.737. The van der Waals surface area contributed by atoms with Crippen molar-refractivity contribution in [1.29, 1.82) is 0 Å². The second kappa shape index (κ2) is 6.06. The molecule has 1 aromatic heterocycles. The van der Waals surface area contributed by atoms with Crippen molar-refractivity contribution in [1.82, 2.24) is 10.3 Å². The molecule has 0 aliphatic carbocycles. The first kappa shape index (κ1) is 14.0. The van der Waals surface area contributed by atoms with Crippen molar-refractivity contribution in [2.75, 3.05) is 7.11 Å². The third-order valence-electron chi connectivity index (χ3n) is 2.18. The van der Waals surface area contributed by atoms with Gasteiger partial charge in [-0.2, -0.15) is 0 Å². The van der Waals surface area contributed by atoms with E-state index in [9.17, 15) is 9.59 Å². The number of hydrogen-bond donors (Lipinski definition) is 2. The summed E-state index contributed by atoms with van der Waals surface area (Å²) in [7, 11) is 1.25. The Labute approximate surface area is 110 Å². The standard InChI is InChI=1S/C11H13N3O3S/c1-6(11(16)17-2)14-10(15)8-4-3-7(5-13-8)9(12)18/h3-6H,1-2H3,(H2,12,18)(H,14,15). The van der Waals surface area contributed by atoms with Gasteiger partial charge in [-0.25, -0.2) is 4.79 Å². The van der Waals surface area contributed by atoms with Gasteiger partial charge in [-0.3, -0.25) is 9.78 Å². The molecule has 0 aliphatic rings. The summed E-state index contributed by atoms with van der Waals surface area (Å²) in [5.41, 5.74) is 6.15. The van der Waals surface area contributed by atoms with E-state index < -0.39 is 17.9 Å². The van der Waals surface area contributed by atoms with E-state index in [-0.39, 0.29) is 10.7 Å². The number of pyridine rings is 1. The summed E-state index contributed by atoms with van der Waals surface area (Å²) in [6, 6.07) is 2.33. The van der Waals surface area contributed by atoms with E-state index in [4.69, 9.17) is 18.0 Å². The number of thiocarbonyl (C=S) groups is 1. The fourth-order valence-electron chi connectivity index (χ4n) is 1.18. The summed E-state index contributed by atoms with van der Waals surface area (Å²) in [6.45, 7) is 1.52. The third-order valence-corrected chi connectivity index (χ3v) is 2.42. The molecule has 18 heavy (non-hydrogen) atoms. The number of nitrogens with two attached hydrogens (primary N) is 1. The van der Waals surface area contributed by atoms with Crippen LogP contribution in [-0.4, -0.2) is 35.0 Å². The molecule has 96 valence electrons. The maximum Gasteiger partial charge on any atom is 0.328 e. The molecule has 1 amide bonds. The highest BCUT2D eigenvalue weighted by Gasteiger charge is 2.17. The lowest BCUT2D eigenvalue weighted by Crippen LogP contribution is -2.39. The lowest BCUT2D eigenvalue weighted by molar-refractivity contribution is -0.142. The van der Waals surface area contributed by atoms with Crippen LogP contribution in [-0.2, 0) is 9.53 Å². The van der Waals surface area contributed by atoms with Gasteiger partial charge >= 0.3 is 5.97 Å². The molecule has 3 N–H and O–H groups in total. The molecule has 0 radical (unpaired) electrons.